The van der Waals surface area contributed by atoms with Crippen molar-refractivity contribution < 1.29 is 23.6 Å². The summed E-state index contributed by atoms with van der Waals surface area (Å²) >= 11 is 0. The fourth-order valence-corrected chi connectivity index (χ4v) is 9.42. The van der Waals surface area contributed by atoms with Crippen LogP contribution in [0.1, 0.15) is 67.8 Å². The maximum atomic E-state index is 15.1. The molecule has 6 heterocycles. The molecular formula is C51H54FN11O5. The average molecular weight is 920 g/mol. The molecule has 68 heavy (non-hydrogen) atoms. The third kappa shape index (κ3) is 10.5. The van der Waals surface area contributed by atoms with E-state index in [-0.39, 0.29) is 34.2 Å². The number of benzene rings is 3. The molecule has 3 aliphatic rings. The molecule has 0 saturated carbocycles. The molecule has 16 nitrogen and oxygen atoms in total. The molecule has 3 saturated heterocycles. The van der Waals surface area contributed by atoms with Crippen molar-refractivity contribution in [3.05, 3.63) is 147 Å². The number of piperidine rings is 1. The van der Waals surface area contributed by atoms with Gasteiger partial charge in [-0.05, 0) is 72.2 Å². The van der Waals surface area contributed by atoms with Gasteiger partial charge in [-0.2, -0.15) is 5.10 Å². The third-order valence-electron chi connectivity index (χ3n) is 13.4. The molecule has 350 valence electrons. The Morgan fingerprint density at radius 3 is 2.21 bits per heavy atom. The number of fused-ring (bicyclic) bond motifs is 1. The van der Waals surface area contributed by atoms with Crippen molar-refractivity contribution in [2.45, 2.75) is 32.6 Å². The Kier molecular flexibility index (Phi) is 14.0. The summed E-state index contributed by atoms with van der Waals surface area (Å²) in [7, 11) is 0. The number of anilines is 1. The van der Waals surface area contributed by atoms with E-state index < -0.39 is 17.6 Å². The lowest BCUT2D eigenvalue weighted by Crippen LogP contribution is -2.55. The number of halogens is 1. The summed E-state index contributed by atoms with van der Waals surface area (Å²) in [6, 6.07) is 23.0. The van der Waals surface area contributed by atoms with Gasteiger partial charge in [-0.3, -0.25) is 28.9 Å². The molecule has 2 N–H and O–H groups in total. The van der Waals surface area contributed by atoms with E-state index in [1.54, 1.807) is 57.3 Å². The first kappa shape index (κ1) is 45.9. The van der Waals surface area contributed by atoms with E-state index in [1.165, 1.54) is 18.6 Å². The monoisotopic (exact) mass is 919 g/mol. The Morgan fingerprint density at radius 1 is 0.721 bits per heavy atom. The average Bonchev–Trinajstić information content (AvgIpc) is 3.38. The highest BCUT2D eigenvalue weighted by Gasteiger charge is 2.32. The fraction of sp³-hybridized carbons (Fsp3) is 0.353. The van der Waals surface area contributed by atoms with Gasteiger partial charge in [-0.15, -0.1) is 0 Å². The molecule has 0 atom stereocenters. The maximum Gasteiger partial charge on any atom is 0.273 e. The minimum atomic E-state index is -0.613. The minimum absolute atomic E-state index is 0.0147. The maximum absolute atomic E-state index is 15.1. The Morgan fingerprint density at radius 2 is 1.46 bits per heavy atom. The second kappa shape index (κ2) is 20.7. The number of piperazine rings is 2. The van der Waals surface area contributed by atoms with Crippen LogP contribution in [0.2, 0.25) is 0 Å². The van der Waals surface area contributed by atoms with E-state index in [1.807, 2.05) is 24.3 Å². The van der Waals surface area contributed by atoms with E-state index in [4.69, 9.17) is 0 Å². The molecule has 3 aromatic carbocycles. The first-order valence-electron chi connectivity index (χ1n) is 23.3. The normalized spacial score (nSPS) is 16.2. The quantitative estimate of drug-likeness (QED) is 0.173. The number of H-pyrrole nitrogens is 1. The van der Waals surface area contributed by atoms with Crippen LogP contribution in [-0.2, 0) is 17.6 Å². The van der Waals surface area contributed by atoms with Crippen LogP contribution in [0.15, 0.2) is 102 Å². The number of nitrogens with one attached hydrogen (secondary N) is 2. The molecule has 0 bridgehead atoms. The highest BCUT2D eigenvalue weighted by Crippen LogP contribution is 2.27. The zero-order valence-electron chi connectivity index (χ0n) is 38.1. The van der Waals surface area contributed by atoms with Crippen LogP contribution >= 0.6 is 0 Å². The zero-order valence-corrected chi connectivity index (χ0v) is 38.1. The van der Waals surface area contributed by atoms with E-state index >= 15 is 4.39 Å². The molecule has 3 aromatic heterocycles. The van der Waals surface area contributed by atoms with Gasteiger partial charge in [0, 0.05) is 102 Å². The Hall–Kier alpha value is -7.24. The van der Waals surface area contributed by atoms with Crippen molar-refractivity contribution in [2.75, 3.05) is 83.9 Å². The number of likely N-dealkylation sites (tertiary alicyclic amines) is 1. The van der Waals surface area contributed by atoms with Gasteiger partial charge < -0.3 is 24.9 Å². The first-order valence-corrected chi connectivity index (χ1v) is 23.3. The Bertz CT molecular complexity index is 2870. The van der Waals surface area contributed by atoms with E-state index in [0.29, 0.717) is 86.0 Å². The lowest BCUT2D eigenvalue weighted by atomic mass is 9.95. The fourth-order valence-electron chi connectivity index (χ4n) is 9.42. The van der Waals surface area contributed by atoms with Crippen molar-refractivity contribution in [1.29, 1.82) is 0 Å². The standard InChI is InChI=1S/C51H54FN11O5/c1-2-34-6-5-7-37(26-34)38-29-42(48(65)56-45-12-15-53-33-55-45)47(54-30-38)51(68)62-16-13-35(14-17-62)31-59-18-20-60(21-19-59)32-46(64)61-22-24-63(25-23-61)50(67)41-27-36(10-11-43(41)52)28-44-39-8-3-4-9-40(39)49(66)58-57-44/h3-12,15,26-27,29-30,33,35H,2,13-14,16-25,28,31-32H2,1H3,(H,58,66)(H,53,55,56,65). The lowest BCUT2D eigenvalue weighted by molar-refractivity contribution is -0.134. The number of aromatic amines is 1. The van der Waals surface area contributed by atoms with Crippen LogP contribution in [0.3, 0.4) is 0 Å². The van der Waals surface area contributed by atoms with Gasteiger partial charge in [0.1, 0.15) is 23.7 Å². The van der Waals surface area contributed by atoms with Gasteiger partial charge in [0.15, 0.2) is 0 Å². The summed E-state index contributed by atoms with van der Waals surface area (Å²) in [5, 5.41) is 10.8. The Labute approximate surface area is 393 Å². The van der Waals surface area contributed by atoms with Gasteiger partial charge in [-0.25, -0.2) is 24.4 Å². The molecule has 0 radical (unpaired) electrons. The molecule has 0 aliphatic carbocycles. The molecule has 3 aliphatic heterocycles. The minimum Gasteiger partial charge on any atom is -0.338 e. The number of aryl methyl sites for hydroxylation is 1. The molecule has 17 heteroatoms. The summed E-state index contributed by atoms with van der Waals surface area (Å²) in [6.07, 6.45) is 7.37. The van der Waals surface area contributed by atoms with Crippen LogP contribution in [0.5, 0.6) is 0 Å². The summed E-state index contributed by atoms with van der Waals surface area (Å²) < 4.78 is 15.1. The number of hydrogen-bond donors (Lipinski definition) is 2. The SMILES string of the molecule is CCc1cccc(-c2cnc(C(=O)N3CCC(CN4CCN(CC(=O)N5CCN(C(=O)c6cc(Cc7n[nH]c(=O)c8ccccc78)ccc6F)CC5)CC4)CC3)c(C(=O)Nc3ccncn3)c2)c1. The number of hydrogen-bond acceptors (Lipinski definition) is 11. The van der Waals surface area contributed by atoms with Gasteiger partial charge in [0.25, 0.3) is 23.3 Å². The van der Waals surface area contributed by atoms with Crippen molar-refractivity contribution in [1.82, 2.24) is 49.6 Å². The number of aromatic nitrogens is 5. The van der Waals surface area contributed by atoms with Crippen LogP contribution in [0, 0.1) is 11.7 Å². The number of amides is 4. The molecule has 0 spiro atoms. The summed E-state index contributed by atoms with van der Waals surface area (Å²) in [5.74, 6) is -1.04. The summed E-state index contributed by atoms with van der Waals surface area (Å²) in [4.78, 5) is 89.5. The van der Waals surface area contributed by atoms with Gasteiger partial charge in [0.05, 0.1) is 28.8 Å². The van der Waals surface area contributed by atoms with Crippen LogP contribution in [0.4, 0.5) is 10.2 Å². The zero-order chi connectivity index (χ0) is 47.1. The van der Waals surface area contributed by atoms with Crippen molar-refractivity contribution >= 4 is 40.2 Å². The highest BCUT2D eigenvalue weighted by atomic mass is 19.1. The van der Waals surface area contributed by atoms with Gasteiger partial charge >= 0.3 is 0 Å². The van der Waals surface area contributed by atoms with E-state index in [2.05, 4.69) is 59.3 Å². The van der Waals surface area contributed by atoms with E-state index in [0.717, 1.165) is 68.7 Å². The number of carbonyl (C=O) groups is 4. The number of rotatable bonds is 12. The van der Waals surface area contributed by atoms with Crippen molar-refractivity contribution in [2.24, 2.45) is 5.92 Å². The molecule has 3 fully saturated rings. The highest BCUT2D eigenvalue weighted by molar-refractivity contribution is 6.11. The first-order chi connectivity index (χ1) is 33.1. The van der Waals surface area contributed by atoms with Gasteiger partial charge in [-0.1, -0.05) is 55.5 Å². The number of carbonyl (C=O) groups excluding carboxylic acids is 4. The number of pyridine rings is 1. The van der Waals surface area contributed by atoms with Crippen LogP contribution in [-0.4, -0.2) is 152 Å². The van der Waals surface area contributed by atoms with Gasteiger partial charge in [0.2, 0.25) is 5.91 Å². The summed E-state index contributed by atoms with van der Waals surface area (Å²) in [5.41, 5.74) is 4.10. The summed E-state index contributed by atoms with van der Waals surface area (Å²) in [6.45, 7) is 8.91. The largest absolute Gasteiger partial charge is 0.338 e. The second-order valence-electron chi connectivity index (χ2n) is 17.7. The molecule has 4 amide bonds. The number of nitrogens with zero attached hydrogens (tertiary/aromatic N) is 9. The Balaban J connectivity index is 0.730. The predicted octanol–water partition coefficient (Wildman–Crippen LogP) is 4.77. The second-order valence-corrected chi connectivity index (χ2v) is 17.7. The van der Waals surface area contributed by atoms with Crippen molar-refractivity contribution in [3.63, 3.8) is 0 Å². The van der Waals surface area contributed by atoms with E-state index in [9.17, 15) is 24.0 Å². The van der Waals surface area contributed by atoms with Crippen molar-refractivity contribution in [3.8, 4) is 11.1 Å². The molecule has 9 rings (SSSR count). The molecule has 0 unspecified atom stereocenters. The third-order valence-corrected chi connectivity index (χ3v) is 13.4. The molecular weight excluding hydrogens is 866 g/mol. The lowest BCUT2D eigenvalue weighted by Gasteiger charge is -2.40. The smallest absolute Gasteiger partial charge is 0.273 e. The predicted molar refractivity (Wildman–Crippen MR) is 255 cm³/mol. The van der Waals surface area contributed by atoms with Crippen LogP contribution < -0.4 is 10.9 Å². The molecule has 6 aromatic rings. The van der Waals surface area contributed by atoms with Crippen LogP contribution in [0.25, 0.3) is 21.9 Å². The topological polar surface area (TPSA) is 181 Å².